The number of nitrogens with one attached hydrogen (secondary N) is 1. The molecule has 0 heterocycles. The molecule has 0 saturated heterocycles. The van der Waals surface area contributed by atoms with Gasteiger partial charge in [0.15, 0.2) is 0 Å². The number of rotatable bonds is 6. The van der Waals surface area contributed by atoms with Gasteiger partial charge in [0.1, 0.15) is 5.78 Å². The van der Waals surface area contributed by atoms with Crippen molar-refractivity contribution in [2.45, 2.75) is 51.0 Å². The van der Waals surface area contributed by atoms with E-state index in [9.17, 15) is 9.59 Å². The maximum atomic E-state index is 11.6. The number of hydrogen-bond donors (Lipinski definition) is 1. The van der Waals surface area contributed by atoms with Crippen LogP contribution in [0.2, 0.25) is 0 Å². The normalized spacial score (nSPS) is 18.4. The van der Waals surface area contributed by atoms with Crippen LogP contribution in [0.5, 0.6) is 0 Å². The van der Waals surface area contributed by atoms with Gasteiger partial charge in [0, 0.05) is 24.9 Å². The lowest BCUT2D eigenvalue weighted by atomic mass is 9.96. The van der Waals surface area contributed by atoms with E-state index in [1.165, 1.54) is 19.8 Å². The monoisotopic (exact) mass is 240 g/mol. The van der Waals surface area contributed by atoms with E-state index in [4.69, 9.17) is 0 Å². The molecule has 17 heavy (non-hydrogen) atoms. The fourth-order valence-corrected chi connectivity index (χ4v) is 2.46. The van der Waals surface area contributed by atoms with Gasteiger partial charge in [0.2, 0.25) is 5.91 Å². The van der Waals surface area contributed by atoms with Crippen molar-refractivity contribution in [3.05, 3.63) is 0 Å². The molecule has 0 bridgehead atoms. The van der Waals surface area contributed by atoms with Gasteiger partial charge in [-0.05, 0) is 33.9 Å². The van der Waals surface area contributed by atoms with Gasteiger partial charge in [-0.1, -0.05) is 12.8 Å². The summed E-state index contributed by atoms with van der Waals surface area (Å²) in [5, 5.41) is 2.97. The van der Waals surface area contributed by atoms with Crippen LogP contribution in [0.15, 0.2) is 0 Å². The molecular weight excluding hydrogens is 216 g/mol. The minimum absolute atomic E-state index is 0.00618. The molecule has 1 aliphatic rings. The first-order valence-electron chi connectivity index (χ1n) is 6.40. The Morgan fingerprint density at radius 3 is 2.24 bits per heavy atom. The Bertz CT molecular complexity index is 281. The molecule has 0 aromatic rings. The van der Waals surface area contributed by atoms with E-state index < -0.39 is 0 Å². The second kappa shape index (κ2) is 6.15. The maximum Gasteiger partial charge on any atom is 0.220 e. The highest BCUT2D eigenvalue weighted by atomic mass is 16.2. The van der Waals surface area contributed by atoms with Gasteiger partial charge in [-0.15, -0.1) is 0 Å². The van der Waals surface area contributed by atoms with Crippen LogP contribution in [0.1, 0.15) is 45.4 Å². The largest absolute Gasteiger partial charge is 0.354 e. The maximum absolute atomic E-state index is 11.6. The predicted octanol–water partition coefficient (Wildman–Crippen LogP) is 1.35. The number of carbonyl (C=O) groups excluding carboxylic acids is 2. The van der Waals surface area contributed by atoms with Crippen molar-refractivity contribution in [1.82, 2.24) is 10.2 Å². The van der Waals surface area contributed by atoms with Gasteiger partial charge in [0.25, 0.3) is 0 Å². The Hall–Kier alpha value is -0.900. The van der Waals surface area contributed by atoms with Crippen molar-refractivity contribution in [1.29, 1.82) is 0 Å². The molecule has 0 aromatic heterocycles. The van der Waals surface area contributed by atoms with Crippen LogP contribution in [-0.2, 0) is 9.59 Å². The molecule has 4 heteroatoms. The van der Waals surface area contributed by atoms with Gasteiger partial charge in [-0.3, -0.25) is 4.79 Å². The van der Waals surface area contributed by atoms with Crippen LogP contribution < -0.4 is 5.32 Å². The van der Waals surface area contributed by atoms with E-state index >= 15 is 0 Å². The standard InChI is InChI=1S/C13H24N2O2/c1-11(16)6-7-12(17)14-10-13(15(2)3)8-4-5-9-13/h4-10H2,1-3H3,(H,14,17). The molecule has 1 fully saturated rings. The molecule has 0 aromatic carbocycles. The third-order valence-corrected chi connectivity index (χ3v) is 3.80. The van der Waals surface area contributed by atoms with Crippen molar-refractivity contribution in [2.24, 2.45) is 0 Å². The first-order chi connectivity index (χ1) is 7.96. The number of Topliss-reactive ketones (excluding diaryl/α,β-unsaturated/α-hetero) is 1. The fourth-order valence-electron chi connectivity index (χ4n) is 2.46. The number of hydrogen-bond acceptors (Lipinski definition) is 3. The minimum Gasteiger partial charge on any atom is -0.354 e. The predicted molar refractivity (Wildman–Crippen MR) is 67.8 cm³/mol. The average molecular weight is 240 g/mol. The highest BCUT2D eigenvalue weighted by Gasteiger charge is 2.35. The van der Waals surface area contributed by atoms with E-state index in [0.717, 1.165) is 12.8 Å². The molecule has 0 spiro atoms. The van der Waals surface area contributed by atoms with E-state index in [1.54, 1.807) is 0 Å². The zero-order chi connectivity index (χ0) is 12.9. The molecule has 1 saturated carbocycles. The van der Waals surface area contributed by atoms with Crippen LogP contribution in [0, 0.1) is 0 Å². The third kappa shape index (κ3) is 4.11. The Morgan fingerprint density at radius 1 is 1.18 bits per heavy atom. The van der Waals surface area contributed by atoms with E-state index in [2.05, 4.69) is 24.3 Å². The van der Waals surface area contributed by atoms with Crippen LogP contribution >= 0.6 is 0 Å². The van der Waals surface area contributed by atoms with E-state index in [1.807, 2.05) is 0 Å². The topological polar surface area (TPSA) is 49.4 Å². The summed E-state index contributed by atoms with van der Waals surface area (Å²) in [4.78, 5) is 24.6. The van der Waals surface area contributed by atoms with Crippen molar-refractivity contribution < 1.29 is 9.59 Å². The summed E-state index contributed by atoms with van der Waals surface area (Å²) < 4.78 is 0. The zero-order valence-electron chi connectivity index (χ0n) is 11.2. The second-order valence-corrected chi connectivity index (χ2v) is 5.30. The SMILES string of the molecule is CC(=O)CCC(=O)NCC1(N(C)C)CCCC1. The fraction of sp³-hybridized carbons (Fsp3) is 0.846. The van der Waals surface area contributed by atoms with Crippen LogP contribution in [0.3, 0.4) is 0 Å². The summed E-state index contributed by atoms with van der Waals surface area (Å²) in [5.74, 6) is 0.0664. The lowest BCUT2D eigenvalue weighted by Crippen LogP contribution is -2.50. The highest BCUT2D eigenvalue weighted by Crippen LogP contribution is 2.33. The lowest BCUT2D eigenvalue weighted by Gasteiger charge is -2.36. The zero-order valence-corrected chi connectivity index (χ0v) is 11.2. The average Bonchev–Trinajstić information content (AvgIpc) is 2.73. The van der Waals surface area contributed by atoms with E-state index in [-0.39, 0.29) is 17.2 Å². The summed E-state index contributed by atoms with van der Waals surface area (Å²) in [6.45, 7) is 2.22. The van der Waals surface area contributed by atoms with Gasteiger partial charge in [0.05, 0.1) is 0 Å². The highest BCUT2D eigenvalue weighted by molar-refractivity contribution is 5.83. The number of likely N-dealkylation sites (N-methyl/N-ethyl adjacent to an activating group) is 1. The first-order valence-corrected chi connectivity index (χ1v) is 6.40. The van der Waals surface area contributed by atoms with Crippen molar-refractivity contribution in [3.8, 4) is 0 Å². The molecule has 4 nitrogen and oxygen atoms in total. The molecule has 1 N–H and O–H groups in total. The van der Waals surface area contributed by atoms with Gasteiger partial charge >= 0.3 is 0 Å². The summed E-state index contributed by atoms with van der Waals surface area (Å²) >= 11 is 0. The molecule has 0 unspecified atom stereocenters. The quantitative estimate of drug-likeness (QED) is 0.762. The lowest BCUT2D eigenvalue weighted by molar-refractivity contribution is -0.125. The molecule has 1 amide bonds. The van der Waals surface area contributed by atoms with Gasteiger partial charge in [-0.25, -0.2) is 0 Å². The van der Waals surface area contributed by atoms with Crippen molar-refractivity contribution in [2.75, 3.05) is 20.6 Å². The minimum atomic E-state index is -0.00618. The molecule has 1 aliphatic carbocycles. The van der Waals surface area contributed by atoms with Crippen LogP contribution in [0.25, 0.3) is 0 Å². The Morgan fingerprint density at radius 2 is 1.76 bits per heavy atom. The summed E-state index contributed by atoms with van der Waals surface area (Å²) in [7, 11) is 4.15. The smallest absolute Gasteiger partial charge is 0.220 e. The summed E-state index contributed by atoms with van der Waals surface area (Å²) in [5.41, 5.74) is 0.131. The number of ketones is 1. The molecule has 0 atom stereocenters. The number of amides is 1. The van der Waals surface area contributed by atoms with Gasteiger partial charge < -0.3 is 15.0 Å². The Labute approximate surface area is 104 Å². The molecule has 0 radical (unpaired) electrons. The Balaban J connectivity index is 2.37. The van der Waals surface area contributed by atoms with Gasteiger partial charge in [-0.2, -0.15) is 0 Å². The molecule has 98 valence electrons. The summed E-state index contributed by atoms with van der Waals surface area (Å²) in [6, 6.07) is 0. The molecule has 1 rings (SSSR count). The van der Waals surface area contributed by atoms with Crippen molar-refractivity contribution >= 4 is 11.7 Å². The first kappa shape index (κ1) is 14.2. The number of nitrogens with zero attached hydrogens (tertiary/aromatic N) is 1. The second-order valence-electron chi connectivity index (χ2n) is 5.30. The summed E-state index contributed by atoms with van der Waals surface area (Å²) in [6.07, 6.45) is 5.43. The van der Waals surface area contributed by atoms with Crippen LogP contribution in [-0.4, -0.2) is 42.8 Å². The molecule has 0 aliphatic heterocycles. The third-order valence-electron chi connectivity index (χ3n) is 3.80. The Kier molecular flexibility index (Phi) is 5.12. The van der Waals surface area contributed by atoms with Crippen LogP contribution in [0.4, 0.5) is 0 Å². The van der Waals surface area contributed by atoms with Crippen molar-refractivity contribution in [3.63, 3.8) is 0 Å². The molecular formula is C13H24N2O2. The number of carbonyl (C=O) groups is 2. The van der Waals surface area contributed by atoms with E-state index in [0.29, 0.717) is 19.4 Å².